The predicted molar refractivity (Wildman–Crippen MR) is 95.0 cm³/mol. The van der Waals surface area contributed by atoms with Crippen molar-refractivity contribution in [3.05, 3.63) is 42.0 Å². The van der Waals surface area contributed by atoms with Crippen LogP contribution in [-0.4, -0.2) is 29.4 Å². The summed E-state index contributed by atoms with van der Waals surface area (Å²) in [5.41, 5.74) is 9.24. The van der Waals surface area contributed by atoms with Crippen molar-refractivity contribution in [2.24, 2.45) is 4.99 Å². The zero-order valence-corrected chi connectivity index (χ0v) is 13.5. The average Bonchev–Trinajstić information content (AvgIpc) is 2.55. The second-order valence-corrected chi connectivity index (χ2v) is 5.36. The maximum atomic E-state index is 11.5. The van der Waals surface area contributed by atoms with Gasteiger partial charge in [-0.05, 0) is 19.4 Å². The SMILES string of the molecule is CCOC(=O)Nc1cc2c(c(N)n1)N=C(c1ccccc1)C(C)N2. The Kier molecular flexibility index (Phi) is 4.33. The average molecular weight is 325 g/mol. The number of hydrogen-bond donors (Lipinski definition) is 3. The number of aliphatic imine (C=N–C) groups is 1. The molecule has 0 saturated carbocycles. The number of nitrogens with one attached hydrogen (secondary N) is 2. The zero-order chi connectivity index (χ0) is 17.1. The largest absolute Gasteiger partial charge is 0.450 e. The van der Waals surface area contributed by atoms with Gasteiger partial charge in [0.2, 0.25) is 0 Å². The van der Waals surface area contributed by atoms with Gasteiger partial charge >= 0.3 is 6.09 Å². The Bertz CT molecular complexity index is 789. The Hall–Kier alpha value is -3.09. The molecular weight excluding hydrogens is 306 g/mol. The number of carbonyl (C=O) groups is 1. The Morgan fingerprint density at radius 3 is 2.83 bits per heavy atom. The van der Waals surface area contributed by atoms with Crippen LogP contribution in [0.1, 0.15) is 19.4 Å². The number of anilines is 3. The van der Waals surface area contributed by atoms with E-state index in [1.54, 1.807) is 13.0 Å². The number of carbonyl (C=O) groups excluding carboxylic acids is 1. The number of fused-ring (bicyclic) bond motifs is 1. The van der Waals surface area contributed by atoms with E-state index in [4.69, 9.17) is 10.5 Å². The third kappa shape index (κ3) is 3.15. The number of nitrogens with zero attached hydrogens (tertiary/aromatic N) is 2. The van der Waals surface area contributed by atoms with Gasteiger partial charge in [-0.25, -0.2) is 14.8 Å². The lowest BCUT2D eigenvalue weighted by atomic mass is 10.0. The van der Waals surface area contributed by atoms with Crippen LogP contribution in [0.2, 0.25) is 0 Å². The molecule has 7 nitrogen and oxygen atoms in total. The van der Waals surface area contributed by atoms with Crippen LogP contribution in [0.15, 0.2) is 41.4 Å². The highest BCUT2D eigenvalue weighted by molar-refractivity contribution is 6.10. The Balaban J connectivity index is 1.95. The molecule has 1 unspecified atom stereocenters. The van der Waals surface area contributed by atoms with E-state index >= 15 is 0 Å². The lowest BCUT2D eigenvalue weighted by Crippen LogP contribution is -2.30. The van der Waals surface area contributed by atoms with Crippen molar-refractivity contribution in [3.8, 4) is 0 Å². The van der Waals surface area contributed by atoms with E-state index < -0.39 is 6.09 Å². The van der Waals surface area contributed by atoms with Crippen LogP contribution in [0, 0.1) is 0 Å². The number of benzene rings is 1. The molecule has 1 aliphatic heterocycles. The van der Waals surface area contributed by atoms with Crippen LogP contribution < -0.4 is 16.4 Å². The molecule has 1 aliphatic rings. The number of hydrogen-bond acceptors (Lipinski definition) is 6. The molecule has 24 heavy (non-hydrogen) atoms. The summed E-state index contributed by atoms with van der Waals surface area (Å²) >= 11 is 0. The molecule has 2 heterocycles. The quantitative estimate of drug-likeness (QED) is 0.804. The molecule has 4 N–H and O–H groups in total. The molecule has 1 atom stereocenters. The summed E-state index contributed by atoms with van der Waals surface area (Å²) < 4.78 is 4.85. The summed E-state index contributed by atoms with van der Waals surface area (Å²) in [5, 5.41) is 5.90. The molecule has 0 saturated heterocycles. The maximum absolute atomic E-state index is 11.5. The monoisotopic (exact) mass is 325 g/mol. The zero-order valence-electron chi connectivity index (χ0n) is 13.5. The first kappa shape index (κ1) is 15.8. The Labute approximate surface area is 140 Å². The first-order valence-corrected chi connectivity index (χ1v) is 7.73. The number of nitrogen functional groups attached to an aromatic ring is 1. The van der Waals surface area contributed by atoms with Crippen molar-refractivity contribution in [1.29, 1.82) is 0 Å². The Morgan fingerprint density at radius 1 is 1.38 bits per heavy atom. The second-order valence-electron chi connectivity index (χ2n) is 5.36. The highest BCUT2D eigenvalue weighted by Crippen LogP contribution is 2.37. The highest BCUT2D eigenvalue weighted by atomic mass is 16.5. The van der Waals surface area contributed by atoms with Crippen molar-refractivity contribution >= 4 is 34.8 Å². The summed E-state index contributed by atoms with van der Waals surface area (Å²) in [6.07, 6.45) is -0.568. The molecule has 0 radical (unpaired) electrons. The first-order valence-electron chi connectivity index (χ1n) is 7.73. The second kappa shape index (κ2) is 6.57. The summed E-state index contributed by atoms with van der Waals surface area (Å²) in [5.74, 6) is 0.565. The third-order valence-electron chi connectivity index (χ3n) is 3.61. The standard InChI is InChI=1S/C17H19N5O2/c1-3-24-17(23)21-13-9-12-15(16(18)20-13)22-14(10(2)19-12)11-7-5-4-6-8-11/h4-10,19H,3H2,1-2H3,(H3,18,20,21,23). The third-order valence-corrected chi connectivity index (χ3v) is 3.61. The molecule has 1 amide bonds. The number of ether oxygens (including phenoxy) is 1. The number of nitrogens with two attached hydrogens (primary N) is 1. The molecule has 0 aliphatic carbocycles. The van der Waals surface area contributed by atoms with E-state index in [-0.39, 0.29) is 18.5 Å². The normalized spacial score (nSPS) is 15.8. The molecule has 1 aromatic carbocycles. The van der Waals surface area contributed by atoms with Gasteiger partial charge in [0.1, 0.15) is 11.5 Å². The van der Waals surface area contributed by atoms with Crippen LogP contribution in [0.3, 0.4) is 0 Å². The van der Waals surface area contributed by atoms with E-state index in [2.05, 4.69) is 20.6 Å². The van der Waals surface area contributed by atoms with Gasteiger partial charge < -0.3 is 15.8 Å². The van der Waals surface area contributed by atoms with Crippen LogP contribution in [0.25, 0.3) is 0 Å². The fourth-order valence-electron chi connectivity index (χ4n) is 2.56. The fourth-order valence-corrected chi connectivity index (χ4v) is 2.56. The van der Waals surface area contributed by atoms with Gasteiger partial charge in [-0.1, -0.05) is 30.3 Å². The molecule has 2 aromatic rings. The first-order chi connectivity index (χ1) is 11.6. The van der Waals surface area contributed by atoms with Crippen molar-refractivity contribution in [1.82, 2.24) is 4.98 Å². The van der Waals surface area contributed by atoms with Crippen LogP contribution >= 0.6 is 0 Å². The lowest BCUT2D eigenvalue weighted by molar-refractivity contribution is 0.168. The molecule has 0 bridgehead atoms. The molecular formula is C17H19N5O2. The molecule has 3 rings (SSSR count). The van der Waals surface area contributed by atoms with Gasteiger partial charge in [-0.15, -0.1) is 0 Å². The van der Waals surface area contributed by atoms with Gasteiger partial charge in [0, 0.05) is 6.07 Å². The molecule has 7 heteroatoms. The minimum Gasteiger partial charge on any atom is -0.450 e. The minimum absolute atomic E-state index is 0.00265. The van der Waals surface area contributed by atoms with Crippen LogP contribution in [-0.2, 0) is 4.74 Å². The van der Waals surface area contributed by atoms with Crippen molar-refractivity contribution in [2.45, 2.75) is 19.9 Å². The van der Waals surface area contributed by atoms with E-state index in [9.17, 15) is 4.79 Å². The van der Waals surface area contributed by atoms with Crippen LogP contribution in [0.5, 0.6) is 0 Å². The van der Waals surface area contributed by atoms with Gasteiger partial charge in [0.25, 0.3) is 0 Å². The number of amides is 1. The van der Waals surface area contributed by atoms with Crippen molar-refractivity contribution in [2.75, 3.05) is 23.0 Å². The molecule has 0 fully saturated rings. The van der Waals surface area contributed by atoms with Gasteiger partial charge in [0.05, 0.1) is 24.0 Å². The smallest absolute Gasteiger partial charge is 0.412 e. The van der Waals surface area contributed by atoms with E-state index in [1.807, 2.05) is 37.3 Å². The fraction of sp³-hybridized carbons (Fsp3) is 0.235. The summed E-state index contributed by atoms with van der Waals surface area (Å²) in [6, 6.07) is 11.6. The summed E-state index contributed by atoms with van der Waals surface area (Å²) in [6.45, 7) is 4.04. The number of aromatic nitrogens is 1. The van der Waals surface area contributed by atoms with Gasteiger partial charge in [-0.3, -0.25) is 5.32 Å². The van der Waals surface area contributed by atoms with Crippen molar-refractivity contribution in [3.63, 3.8) is 0 Å². The highest BCUT2D eigenvalue weighted by Gasteiger charge is 2.23. The molecule has 1 aromatic heterocycles. The van der Waals surface area contributed by atoms with Gasteiger partial charge in [-0.2, -0.15) is 0 Å². The lowest BCUT2D eigenvalue weighted by Gasteiger charge is -2.25. The Morgan fingerprint density at radius 2 is 2.12 bits per heavy atom. The molecule has 124 valence electrons. The predicted octanol–water partition coefficient (Wildman–Crippen LogP) is 3.17. The minimum atomic E-state index is -0.568. The van der Waals surface area contributed by atoms with E-state index in [0.717, 1.165) is 17.0 Å². The number of rotatable bonds is 3. The molecule has 0 spiro atoms. The van der Waals surface area contributed by atoms with Crippen LogP contribution in [0.4, 0.5) is 27.8 Å². The summed E-state index contributed by atoms with van der Waals surface area (Å²) in [7, 11) is 0. The van der Waals surface area contributed by atoms with E-state index in [0.29, 0.717) is 11.5 Å². The van der Waals surface area contributed by atoms with E-state index in [1.165, 1.54) is 0 Å². The van der Waals surface area contributed by atoms with Gasteiger partial charge in [0.15, 0.2) is 5.82 Å². The number of pyridine rings is 1. The summed E-state index contributed by atoms with van der Waals surface area (Å²) in [4.78, 5) is 20.4. The van der Waals surface area contributed by atoms with Crippen molar-refractivity contribution < 1.29 is 9.53 Å². The topological polar surface area (TPSA) is 102 Å². The maximum Gasteiger partial charge on any atom is 0.412 e.